The molecule has 2 aliphatic heterocycles. The van der Waals surface area contributed by atoms with Gasteiger partial charge in [0, 0.05) is 12.1 Å². The molecule has 0 aliphatic carbocycles. The average Bonchev–Trinajstić information content (AvgIpc) is 2.29. The lowest BCUT2D eigenvalue weighted by molar-refractivity contribution is 0.0619. The number of piperidine rings is 1. The number of nitrogens with one attached hydrogen (secondary N) is 1. The molecule has 2 rings (SSSR count). The summed E-state index contributed by atoms with van der Waals surface area (Å²) in [5.74, 6) is 0.471. The second-order valence-corrected chi connectivity index (χ2v) is 3.71. The Labute approximate surface area is 61.6 Å². The molecule has 2 bridgehead atoms. The quantitative estimate of drug-likeness (QED) is 0.515. The van der Waals surface area contributed by atoms with Crippen molar-refractivity contribution in [3.05, 3.63) is 0 Å². The summed E-state index contributed by atoms with van der Waals surface area (Å²) in [4.78, 5) is 0. The lowest BCUT2D eigenvalue weighted by atomic mass is 9.91. The molecule has 2 heteroatoms. The molecule has 4 atom stereocenters. The van der Waals surface area contributed by atoms with E-state index in [1.807, 2.05) is 0 Å². The number of hydrogen-bond donors (Lipinski definition) is 2. The molecule has 0 aromatic heterocycles. The van der Waals surface area contributed by atoms with Crippen LogP contribution in [0.3, 0.4) is 0 Å². The maximum atomic E-state index is 9.52. The van der Waals surface area contributed by atoms with Crippen LogP contribution >= 0.6 is 0 Å². The molecule has 2 heterocycles. The van der Waals surface area contributed by atoms with Crippen LogP contribution in [0.2, 0.25) is 0 Å². The van der Waals surface area contributed by atoms with E-state index in [-0.39, 0.29) is 6.10 Å². The third kappa shape index (κ3) is 0.867. The molecular formula is C8H15NO. The van der Waals surface area contributed by atoms with Crippen molar-refractivity contribution in [2.45, 2.75) is 44.4 Å². The molecule has 2 N–H and O–H groups in total. The van der Waals surface area contributed by atoms with Gasteiger partial charge in [-0.25, -0.2) is 0 Å². The zero-order valence-corrected chi connectivity index (χ0v) is 6.38. The number of aliphatic hydroxyl groups is 1. The summed E-state index contributed by atoms with van der Waals surface area (Å²) in [5, 5.41) is 13.0. The van der Waals surface area contributed by atoms with Crippen molar-refractivity contribution in [3.8, 4) is 0 Å². The van der Waals surface area contributed by atoms with Crippen molar-refractivity contribution in [1.29, 1.82) is 0 Å². The molecule has 0 radical (unpaired) electrons. The van der Waals surface area contributed by atoms with Crippen LogP contribution in [0, 0.1) is 5.92 Å². The first kappa shape index (κ1) is 6.62. The van der Waals surface area contributed by atoms with Crippen LogP contribution in [-0.4, -0.2) is 23.3 Å². The van der Waals surface area contributed by atoms with Crippen molar-refractivity contribution in [1.82, 2.24) is 5.32 Å². The van der Waals surface area contributed by atoms with E-state index in [1.165, 1.54) is 12.8 Å². The van der Waals surface area contributed by atoms with Crippen molar-refractivity contribution in [3.63, 3.8) is 0 Å². The maximum Gasteiger partial charge on any atom is 0.0595 e. The predicted octanol–water partition coefficient (Wildman–Crippen LogP) is 0.508. The van der Waals surface area contributed by atoms with Gasteiger partial charge in [0.2, 0.25) is 0 Å². The molecule has 2 saturated heterocycles. The van der Waals surface area contributed by atoms with Crippen molar-refractivity contribution < 1.29 is 5.11 Å². The fraction of sp³-hybridized carbons (Fsp3) is 1.00. The molecule has 0 spiro atoms. The molecule has 0 saturated carbocycles. The first-order valence-electron chi connectivity index (χ1n) is 4.21. The third-order valence-electron chi connectivity index (χ3n) is 3.04. The van der Waals surface area contributed by atoms with Gasteiger partial charge >= 0.3 is 0 Å². The summed E-state index contributed by atoms with van der Waals surface area (Å²) < 4.78 is 0. The first-order valence-corrected chi connectivity index (χ1v) is 4.21. The topological polar surface area (TPSA) is 32.3 Å². The van der Waals surface area contributed by atoms with E-state index < -0.39 is 0 Å². The summed E-state index contributed by atoms with van der Waals surface area (Å²) in [6.07, 6.45) is 3.46. The number of hydrogen-bond acceptors (Lipinski definition) is 2. The lowest BCUT2D eigenvalue weighted by Crippen LogP contribution is -2.46. The zero-order valence-electron chi connectivity index (χ0n) is 6.38. The Morgan fingerprint density at radius 1 is 1.40 bits per heavy atom. The van der Waals surface area contributed by atoms with Crippen LogP contribution in [0.15, 0.2) is 0 Å². The van der Waals surface area contributed by atoms with Crippen LogP contribution in [0.5, 0.6) is 0 Å². The normalized spacial score (nSPS) is 53.4. The summed E-state index contributed by atoms with van der Waals surface area (Å²) in [6, 6.07) is 1.23. The Hall–Kier alpha value is -0.0800. The largest absolute Gasteiger partial charge is 0.393 e. The van der Waals surface area contributed by atoms with Gasteiger partial charge in [0.1, 0.15) is 0 Å². The number of rotatable bonds is 0. The Balaban J connectivity index is 2.09. The summed E-state index contributed by atoms with van der Waals surface area (Å²) in [6.45, 7) is 2.14. The molecule has 0 aromatic rings. The Morgan fingerprint density at radius 3 is 3.00 bits per heavy atom. The lowest BCUT2D eigenvalue weighted by Gasteiger charge is -2.31. The van der Waals surface area contributed by atoms with Gasteiger partial charge in [-0.2, -0.15) is 0 Å². The van der Waals surface area contributed by atoms with Crippen LogP contribution in [-0.2, 0) is 0 Å². The van der Waals surface area contributed by atoms with E-state index in [4.69, 9.17) is 0 Å². The highest BCUT2D eigenvalue weighted by Crippen LogP contribution is 2.30. The van der Waals surface area contributed by atoms with Crippen molar-refractivity contribution in [2.24, 2.45) is 5.92 Å². The van der Waals surface area contributed by atoms with Gasteiger partial charge < -0.3 is 10.4 Å². The molecular weight excluding hydrogens is 126 g/mol. The van der Waals surface area contributed by atoms with E-state index in [0.717, 1.165) is 6.42 Å². The van der Waals surface area contributed by atoms with Crippen LogP contribution in [0.4, 0.5) is 0 Å². The minimum Gasteiger partial charge on any atom is -0.393 e. The fourth-order valence-corrected chi connectivity index (χ4v) is 2.23. The highest BCUT2D eigenvalue weighted by Gasteiger charge is 2.37. The smallest absolute Gasteiger partial charge is 0.0595 e. The van der Waals surface area contributed by atoms with Crippen LogP contribution < -0.4 is 5.32 Å². The molecule has 0 unspecified atom stereocenters. The summed E-state index contributed by atoms with van der Waals surface area (Å²) in [7, 11) is 0. The van der Waals surface area contributed by atoms with Gasteiger partial charge in [0.25, 0.3) is 0 Å². The van der Waals surface area contributed by atoms with Gasteiger partial charge in [0.15, 0.2) is 0 Å². The standard InChI is InChI=1S/C8H15NO/c1-5-7-3-2-6(9-7)4-8(5)10/h5-10H,2-4H2,1H3/t5-,6-,7+,8-/m0/s1. The van der Waals surface area contributed by atoms with E-state index in [1.54, 1.807) is 0 Å². The van der Waals surface area contributed by atoms with E-state index in [0.29, 0.717) is 18.0 Å². The molecule has 10 heavy (non-hydrogen) atoms. The monoisotopic (exact) mass is 141 g/mol. The molecule has 2 fully saturated rings. The Kier molecular flexibility index (Phi) is 1.46. The zero-order chi connectivity index (χ0) is 7.14. The second kappa shape index (κ2) is 2.21. The van der Waals surface area contributed by atoms with Crippen molar-refractivity contribution in [2.75, 3.05) is 0 Å². The summed E-state index contributed by atoms with van der Waals surface area (Å²) in [5.41, 5.74) is 0. The SMILES string of the molecule is C[C@@H]1[C@@H](O)C[C@@H]2CC[C@H]1N2. The Morgan fingerprint density at radius 2 is 2.20 bits per heavy atom. The fourth-order valence-electron chi connectivity index (χ4n) is 2.23. The average molecular weight is 141 g/mol. The molecule has 58 valence electrons. The molecule has 0 aromatic carbocycles. The van der Waals surface area contributed by atoms with Gasteiger partial charge in [-0.15, -0.1) is 0 Å². The van der Waals surface area contributed by atoms with Crippen LogP contribution in [0.1, 0.15) is 26.2 Å². The van der Waals surface area contributed by atoms with Crippen LogP contribution in [0.25, 0.3) is 0 Å². The van der Waals surface area contributed by atoms with Gasteiger partial charge in [0.05, 0.1) is 6.10 Å². The van der Waals surface area contributed by atoms with E-state index in [9.17, 15) is 5.11 Å². The van der Waals surface area contributed by atoms with Crippen molar-refractivity contribution >= 4 is 0 Å². The van der Waals surface area contributed by atoms with Gasteiger partial charge in [-0.05, 0) is 25.2 Å². The molecule has 2 nitrogen and oxygen atoms in total. The molecule has 2 aliphatic rings. The third-order valence-corrected chi connectivity index (χ3v) is 3.04. The number of aliphatic hydroxyl groups excluding tert-OH is 1. The predicted molar refractivity (Wildman–Crippen MR) is 39.7 cm³/mol. The Bertz CT molecular complexity index is 137. The number of fused-ring (bicyclic) bond motifs is 2. The highest BCUT2D eigenvalue weighted by atomic mass is 16.3. The van der Waals surface area contributed by atoms with E-state index in [2.05, 4.69) is 12.2 Å². The van der Waals surface area contributed by atoms with E-state index >= 15 is 0 Å². The minimum atomic E-state index is -0.0428. The molecule has 0 amide bonds. The van der Waals surface area contributed by atoms with Gasteiger partial charge in [-0.1, -0.05) is 6.92 Å². The maximum absolute atomic E-state index is 9.52. The minimum absolute atomic E-state index is 0.0428. The summed E-state index contributed by atoms with van der Waals surface area (Å²) >= 11 is 0. The first-order chi connectivity index (χ1) is 4.77. The highest BCUT2D eigenvalue weighted by molar-refractivity contribution is 4.95. The van der Waals surface area contributed by atoms with Gasteiger partial charge in [-0.3, -0.25) is 0 Å². The second-order valence-electron chi connectivity index (χ2n) is 3.71.